The fourth-order valence-electron chi connectivity index (χ4n) is 2.37. The molecule has 0 aromatic carbocycles. The van der Waals surface area contributed by atoms with Crippen LogP contribution in [0.5, 0.6) is 0 Å². The van der Waals surface area contributed by atoms with E-state index in [2.05, 4.69) is 11.8 Å². The van der Waals surface area contributed by atoms with Gasteiger partial charge in [-0.05, 0) is 45.7 Å². The highest BCUT2D eigenvalue weighted by Gasteiger charge is 2.18. The van der Waals surface area contributed by atoms with Crippen molar-refractivity contribution >= 4 is 0 Å². The van der Waals surface area contributed by atoms with Crippen LogP contribution in [-0.4, -0.2) is 43.8 Å². The van der Waals surface area contributed by atoms with E-state index in [9.17, 15) is 0 Å². The molecule has 0 aromatic heterocycles. The first-order valence-electron chi connectivity index (χ1n) is 6.90. The highest BCUT2D eigenvalue weighted by molar-refractivity contribution is 4.72. The minimum atomic E-state index is 0.526. The van der Waals surface area contributed by atoms with Gasteiger partial charge in [-0.15, -0.1) is 0 Å². The first-order chi connectivity index (χ1) is 7.86. The van der Waals surface area contributed by atoms with E-state index in [0.717, 1.165) is 13.2 Å². The van der Waals surface area contributed by atoms with Crippen LogP contribution >= 0.6 is 0 Å². The summed E-state index contributed by atoms with van der Waals surface area (Å²) in [5.74, 6) is 0. The fraction of sp³-hybridized carbons (Fsp3) is 1.00. The highest BCUT2D eigenvalue weighted by atomic mass is 16.5. The van der Waals surface area contributed by atoms with Crippen molar-refractivity contribution in [3.63, 3.8) is 0 Å². The number of rotatable bonds is 8. The van der Waals surface area contributed by atoms with Gasteiger partial charge in [0.15, 0.2) is 0 Å². The highest BCUT2D eigenvalue weighted by Crippen LogP contribution is 2.14. The number of ether oxygens (including phenoxy) is 1. The van der Waals surface area contributed by atoms with Gasteiger partial charge in [0.2, 0.25) is 0 Å². The van der Waals surface area contributed by atoms with Gasteiger partial charge in [-0.25, -0.2) is 0 Å². The second kappa shape index (κ2) is 8.97. The molecule has 0 aromatic rings. The lowest BCUT2D eigenvalue weighted by Crippen LogP contribution is -2.37. The van der Waals surface area contributed by atoms with E-state index >= 15 is 0 Å². The molecular formula is C13H28N2O. The normalized spacial score (nSPS) is 19.1. The molecule has 0 amide bonds. The van der Waals surface area contributed by atoms with E-state index in [0.29, 0.717) is 6.10 Å². The number of unbranched alkanes of at least 4 members (excludes halogenated alkanes) is 3. The Balaban J connectivity index is 1.95. The zero-order valence-corrected chi connectivity index (χ0v) is 10.8. The van der Waals surface area contributed by atoms with E-state index in [4.69, 9.17) is 10.5 Å². The topological polar surface area (TPSA) is 38.5 Å². The van der Waals surface area contributed by atoms with Crippen LogP contribution in [-0.2, 0) is 4.74 Å². The van der Waals surface area contributed by atoms with Gasteiger partial charge in [0.25, 0.3) is 0 Å². The molecule has 1 fully saturated rings. The van der Waals surface area contributed by atoms with Gasteiger partial charge in [-0.1, -0.05) is 12.8 Å². The van der Waals surface area contributed by atoms with E-state index < -0.39 is 0 Å². The molecule has 0 atom stereocenters. The second-order valence-electron chi connectivity index (χ2n) is 4.70. The molecule has 1 aliphatic heterocycles. The third kappa shape index (κ3) is 5.83. The molecule has 3 heteroatoms. The molecule has 3 nitrogen and oxygen atoms in total. The molecule has 0 radical (unpaired) electrons. The molecule has 1 aliphatic rings. The van der Waals surface area contributed by atoms with Crippen LogP contribution in [0.2, 0.25) is 0 Å². The van der Waals surface area contributed by atoms with Crippen molar-refractivity contribution in [2.45, 2.75) is 51.6 Å². The van der Waals surface area contributed by atoms with Gasteiger partial charge in [0.05, 0.1) is 6.10 Å². The molecule has 16 heavy (non-hydrogen) atoms. The molecule has 0 unspecified atom stereocenters. The Morgan fingerprint density at radius 2 is 1.81 bits per heavy atom. The molecule has 0 bridgehead atoms. The zero-order valence-electron chi connectivity index (χ0n) is 10.8. The first kappa shape index (κ1) is 13.9. The number of piperidine rings is 1. The monoisotopic (exact) mass is 228 g/mol. The molecule has 0 aliphatic carbocycles. The molecule has 0 spiro atoms. The van der Waals surface area contributed by atoms with Crippen LogP contribution in [0.1, 0.15) is 45.4 Å². The Labute approximate surface area is 100 Å². The molecule has 2 N–H and O–H groups in total. The number of likely N-dealkylation sites (tertiary alicyclic amines) is 1. The number of nitrogens with two attached hydrogens (primary N) is 1. The van der Waals surface area contributed by atoms with Crippen molar-refractivity contribution in [3.8, 4) is 0 Å². The Bertz CT molecular complexity index is 156. The first-order valence-corrected chi connectivity index (χ1v) is 6.90. The average molecular weight is 228 g/mol. The predicted octanol–water partition coefficient (Wildman–Crippen LogP) is 2.01. The zero-order chi connectivity index (χ0) is 11.6. The Hall–Kier alpha value is -0.120. The largest absolute Gasteiger partial charge is 0.378 e. The molecule has 1 rings (SSSR count). The van der Waals surface area contributed by atoms with Crippen molar-refractivity contribution in [1.82, 2.24) is 4.90 Å². The Morgan fingerprint density at radius 3 is 2.44 bits per heavy atom. The lowest BCUT2D eigenvalue weighted by atomic mass is 10.1. The number of hydrogen-bond acceptors (Lipinski definition) is 3. The lowest BCUT2D eigenvalue weighted by Gasteiger charge is -2.31. The maximum atomic E-state index is 5.65. The summed E-state index contributed by atoms with van der Waals surface area (Å²) in [5.41, 5.74) is 5.47. The van der Waals surface area contributed by atoms with Crippen molar-refractivity contribution < 1.29 is 4.74 Å². The van der Waals surface area contributed by atoms with Crippen molar-refractivity contribution in [2.75, 3.05) is 32.8 Å². The summed E-state index contributed by atoms with van der Waals surface area (Å²) in [7, 11) is 0. The Morgan fingerprint density at radius 1 is 1.12 bits per heavy atom. The van der Waals surface area contributed by atoms with Crippen LogP contribution in [0.25, 0.3) is 0 Å². The van der Waals surface area contributed by atoms with Crippen LogP contribution < -0.4 is 5.73 Å². The maximum absolute atomic E-state index is 5.65. The summed E-state index contributed by atoms with van der Waals surface area (Å²) >= 11 is 0. The van der Waals surface area contributed by atoms with Gasteiger partial charge >= 0.3 is 0 Å². The minimum absolute atomic E-state index is 0.526. The Kier molecular flexibility index (Phi) is 7.81. The third-order valence-electron chi connectivity index (χ3n) is 3.37. The number of hydrogen-bond donors (Lipinski definition) is 1. The van der Waals surface area contributed by atoms with E-state index in [1.54, 1.807) is 0 Å². The SMILES string of the molecule is CCOC1CCN(CCCCCCN)CC1. The summed E-state index contributed by atoms with van der Waals surface area (Å²) < 4.78 is 5.65. The van der Waals surface area contributed by atoms with Crippen LogP contribution in [0.4, 0.5) is 0 Å². The van der Waals surface area contributed by atoms with Gasteiger partial charge in [0, 0.05) is 19.7 Å². The van der Waals surface area contributed by atoms with Crippen molar-refractivity contribution in [1.29, 1.82) is 0 Å². The smallest absolute Gasteiger partial charge is 0.0599 e. The summed E-state index contributed by atoms with van der Waals surface area (Å²) in [5, 5.41) is 0. The predicted molar refractivity (Wildman–Crippen MR) is 68.6 cm³/mol. The van der Waals surface area contributed by atoms with Crippen LogP contribution in [0.15, 0.2) is 0 Å². The molecule has 1 heterocycles. The van der Waals surface area contributed by atoms with E-state index in [1.165, 1.54) is 58.2 Å². The van der Waals surface area contributed by atoms with Crippen molar-refractivity contribution in [3.05, 3.63) is 0 Å². The fourth-order valence-corrected chi connectivity index (χ4v) is 2.37. The number of nitrogens with zero attached hydrogens (tertiary/aromatic N) is 1. The molecule has 0 saturated carbocycles. The van der Waals surface area contributed by atoms with Gasteiger partial charge in [0.1, 0.15) is 0 Å². The quantitative estimate of drug-likeness (QED) is 0.646. The summed E-state index contributed by atoms with van der Waals surface area (Å²) in [6.07, 6.45) is 8.12. The van der Waals surface area contributed by atoms with E-state index in [1.807, 2.05) is 0 Å². The molecule has 1 saturated heterocycles. The lowest BCUT2D eigenvalue weighted by molar-refractivity contribution is 0.0140. The standard InChI is InChI=1S/C13H28N2O/c1-2-16-13-7-11-15(12-8-13)10-6-4-3-5-9-14/h13H,2-12,14H2,1H3. The van der Waals surface area contributed by atoms with Gasteiger partial charge in [-0.3, -0.25) is 0 Å². The third-order valence-corrected chi connectivity index (χ3v) is 3.37. The van der Waals surface area contributed by atoms with Crippen LogP contribution in [0.3, 0.4) is 0 Å². The van der Waals surface area contributed by atoms with Gasteiger partial charge < -0.3 is 15.4 Å². The minimum Gasteiger partial charge on any atom is -0.378 e. The maximum Gasteiger partial charge on any atom is 0.0599 e. The average Bonchev–Trinajstić information content (AvgIpc) is 2.31. The summed E-state index contributed by atoms with van der Waals surface area (Å²) in [4.78, 5) is 2.58. The van der Waals surface area contributed by atoms with Gasteiger partial charge in [-0.2, -0.15) is 0 Å². The van der Waals surface area contributed by atoms with Crippen LogP contribution in [0, 0.1) is 0 Å². The molecule has 96 valence electrons. The van der Waals surface area contributed by atoms with E-state index in [-0.39, 0.29) is 0 Å². The molecular weight excluding hydrogens is 200 g/mol. The summed E-state index contributed by atoms with van der Waals surface area (Å²) in [6, 6.07) is 0. The second-order valence-corrected chi connectivity index (χ2v) is 4.70. The van der Waals surface area contributed by atoms with Crippen molar-refractivity contribution in [2.24, 2.45) is 5.73 Å². The summed E-state index contributed by atoms with van der Waals surface area (Å²) in [6.45, 7) is 7.51.